The lowest BCUT2D eigenvalue weighted by Gasteiger charge is -2.33. The number of hydrogen-bond acceptors (Lipinski definition) is 7. The molecule has 0 aliphatic carbocycles. The number of fused-ring (bicyclic) bond motifs is 1. The van der Waals surface area contributed by atoms with E-state index in [1.807, 2.05) is 45.9 Å². The maximum Gasteiger partial charge on any atom is 0.312 e. The molecule has 2 atom stereocenters. The summed E-state index contributed by atoms with van der Waals surface area (Å²) in [4.78, 5) is 11.4. The number of nitrogens with zero attached hydrogens (tertiary/aromatic N) is 3. The molecule has 0 unspecified atom stereocenters. The highest BCUT2D eigenvalue weighted by Crippen LogP contribution is 2.45. The van der Waals surface area contributed by atoms with E-state index in [1.54, 1.807) is 6.20 Å². The predicted molar refractivity (Wildman–Crippen MR) is 142 cm³/mol. The van der Waals surface area contributed by atoms with Crippen LogP contribution in [0.4, 0.5) is 13.2 Å². The Morgan fingerprint density at radius 3 is 2.76 bits per heavy atom. The molecule has 2 aromatic carbocycles. The van der Waals surface area contributed by atoms with Crippen molar-refractivity contribution in [1.29, 1.82) is 5.41 Å². The summed E-state index contributed by atoms with van der Waals surface area (Å²) in [5.74, 6) is 0.0769. The van der Waals surface area contributed by atoms with Crippen molar-refractivity contribution < 1.29 is 17.9 Å². The van der Waals surface area contributed by atoms with Crippen LogP contribution in [-0.2, 0) is 11.3 Å². The third kappa shape index (κ3) is 5.52. The third-order valence-corrected chi connectivity index (χ3v) is 7.36. The predicted octanol–water partition coefficient (Wildman–Crippen LogP) is 6.33. The van der Waals surface area contributed by atoms with Gasteiger partial charge in [-0.2, -0.15) is 8.78 Å². The second-order valence-corrected chi connectivity index (χ2v) is 9.97. The lowest BCUT2D eigenvalue weighted by Crippen LogP contribution is -2.35. The molecule has 38 heavy (non-hydrogen) atoms. The Hall–Kier alpha value is -3.47. The van der Waals surface area contributed by atoms with Crippen LogP contribution in [0.5, 0.6) is 0 Å². The van der Waals surface area contributed by atoms with Gasteiger partial charge < -0.3 is 20.4 Å². The maximum atomic E-state index is 13.9. The first-order chi connectivity index (χ1) is 18.4. The monoisotopic (exact) mass is 557 g/mol. The Balaban J connectivity index is 1.61. The highest BCUT2D eigenvalue weighted by atomic mass is 35.5. The number of alkyl halides is 2. The average Bonchev–Trinajstić information content (AvgIpc) is 3.59. The van der Waals surface area contributed by atoms with E-state index in [2.05, 4.69) is 4.98 Å². The van der Waals surface area contributed by atoms with E-state index >= 15 is 0 Å². The van der Waals surface area contributed by atoms with E-state index in [0.717, 1.165) is 23.7 Å². The highest BCUT2D eigenvalue weighted by Gasteiger charge is 2.41. The summed E-state index contributed by atoms with van der Waals surface area (Å²) in [6.07, 6.45) is 3.99. The molecule has 3 heterocycles. The molecule has 0 bridgehead atoms. The average molecular weight is 558 g/mol. The van der Waals surface area contributed by atoms with Crippen molar-refractivity contribution >= 4 is 35.0 Å². The third-order valence-electron chi connectivity index (χ3n) is 6.26. The quantitative estimate of drug-likeness (QED) is 0.238. The summed E-state index contributed by atoms with van der Waals surface area (Å²) in [5.41, 5.74) is 3.01. The van der Waals surface area contributed by atoms with Gasteiger partial charge in [0.2, 0.25) is 0 Å². The van der Waals surface area contributed by atoms with Crippen LogP contribution in [0.3, 0.4) is 0 Å². The van der Waals surface area contributed by atoms with E-state index < -0.39 is 18.4 Å². The largest absolute Gasteiger partial charge is 0.371 e. The van der Waals surface area contributed by atoms with E-state index in [1.165, 1.54) is 29.5 Å². The molecular weight excluding hydrogens is 535 g/mol. The van der Waals surface area contributed by atoms with Gasteiger partial charge in [0.05, 0.1) is 19.3 Å². The van der Waals surface area contributed by atoms with Crippen LogP contribution < -0.4 is 5.32 Å². The normalized spacial score (nSPS) is 19.6. The molecule has 2 aliphatic rings. The fraction of sp³-hybridized carbons (Fsp3) is 0.222. The zero-order valence-corrected chi connectivity index (χ0v) is 21.5. The molecule has 0 spiro atoms. The molecule has 0 amide bonds. The standard InChI is InChI=1S/C27H23ClF3N5OS/c28-21-10-18(29)6-7-20(21)24-23(17(12-32)13-34-27(30)31)22-11-19(37-15-16-4-2-1-3-5-16)14-36(22)25(35-24)26-33-8-9-38-26/h1-10,12-13,19,24,27,32,34H,11,14-15H2/b17-13+,32-12?/t19-,24-/m0/s1. The number of thiazole rings is 1. The number of aliphatic imine (C=N–C) groups is 1. The molecule has 0 radical (unpaired) electrons. The van der Waals surface area contributed by atoms with Crippen LogP contribution in [-0.4, -0.2) is 41.1 Å². The summed E-state index contributed by atoms with van der Waals surface area (Å²) in [5, 5.41) is 12.7. The zero-order chi connectivity index (χ0) is 26.6. The minimum absolute atomic E-state index is 0.143. The smallest absolute Gasteiger partial charge is 0.312 e. The van der Waals surface area contributed by atoms with Crippen molar-refractivity contribution in [1.82, 2.24) is 15.2 Å². The van der Waals surface area contributed by atoms with Gasteiger partial charge in [0.1, 0.15) is 11.9 Å². The van der Waals surface area contributed by atoms with Gasteiger partial charge in [0.25, 0.3) is 0 Å². The summed E-state index contributed by atoms with van der Waals surface area (Å²) >= 11 is 7.88. The number of amidine groups is 1. The van der Waals surface area contributed by atoms with Crippen LogP contribution in [0, 0.1) is 11.2 Å². The first-order valence-electron chi connectivity index (χ1n) is 11.8. The van der Waals surface area contributed by atoms with E-state index in [9.17, 15) is 13.2 Å². The van der Waals surface area contributed by atoms with Crippen molar-refractivity contribution in [2.45, 2.75) is 31.7 Å². The topological polar surface area (TPSA) is 73.6 Å². The number of ether oxygens (including phenoxy) is 1. The lowest BCUT2D eigenvalue weighted by atomic mass is 9.89. The summed E-state index contributed by atoms with van der Waals surface area (Å²) < 4.78 is 46.4. The van der Waals surface area contributed by atoms with Gasteiger partial charge in [0.15, 0.2) is 10.8 Å². The number of hydrogen-bond donors (Lipinski definition) is 2. The fourth-order valence-electron chi connectivity index (χ4n) is 4.62. The minimum Gasteiger partial charge on any atom is -0.371 e. The molecule has 5 rings (SSSR count). The minimum atomic E-state index is -2.82. The molecule has 11 heteroatoms. The summed E-state index contributed by atoms with van der Waals surface area (Å²) in [6, 6.07) is 13.0. The molecule has 0 saturated carbocycles. The van der Waals surface area contributed by atoms with Crippen LogP contribution in [0.2, 0.25) is 5.02 Å². The summed E-state index contributed by atoms with van der Waals surface area (Å²) in [6.45, 7) is -1.95. The van der Waals surface area contributed by atoms with Crippen molar-refractivity contribution in [3.8, 4) is 0 Å². The van der Waals surface area contributed by atoms with Crippen LogP contribution >= 0.6 is 22.9 Å². The Morgan fingerprint density at radius 2 is 2.08 bits per heavy atom. The second-order valence-electron chi connectivity index (χ2n) is 8.66. The Kier molecular flexibility index (Phi) is 7.92. The second kappa shape index (κ2) is 11.5. The fourth-order valence-corrected chi connectivity index (χ4v) is 5.53. The molecule has 6 nitrogen and oxygen atoms in total. The zero-order valence-electron chi connectivity index (χ0n) is 20.0. The van der Waals surface area contributed by atoms with Crippen molar-refractivity contribution in [3.05, 3.63) is 110 Å². The summed E-state index contributed by atoms with van der Waals surface area (Å²) in [7, 11) is 0. The number of nitrogens with one attached hydrogen (secondary N) is 2. The van der Waals surface area contributed by atoms with Gasteiger partial charge in [-0.1, -0.05) is 48.0 Å². The Morgan fingerprint density at radius 1 is 1.26 bits per heavy atom. The van der Waals surface area contributed by atoms with Crippen molar-refractivity contribution in [2.75, 3.05) is 6.54 Å². The SMILES string of the molecule is N=C/C(=C\NC(F)F)C1=C2C[C@H](OCc3ccccc3)CN2C(c2nccs2)=N[C@H]1c1ccc(F)cc1Cl. The molecular formula is C27H23ClF3N5OS. The number of benzene rings is 2. The van der Waals surface area contributed by atoms with Gasteiger partial charge in [-0.05, 0) is 23.3 Å². The molecule has 1 fully saturated rings. The lowest BCUT2D eigenvalue weighted by molar-refractivity contribution is 0.0507. The Bertz CT molecular complexity index is 1390. The van der Waals surface area contributed by atoms with Gasteiger partial charge >= 0.3 is 6.55 Å². The van der Waals surface area contributed by atoms with Gasteiger partial charge in [-0.15, -0.1) is 11.3 Å². The molecule has 2 aliphatic heterocycles. The van der Waals surface area contributed by atoms with Crippen LogP contribution in [0.1, 0.15) is 28.6 Å². The Labute approximate surface area is 226 Å². The number of aromatic nitrogens is 1. The molecule has 196 valence electrons. The molecule has 3 aromatic rings. The number of halogens is 4. The molecule has 2 N–H and O–H groups in total. The first-order valence-corrected chi connectivity index (χ1v) is 13.0. The van der Waals surface area contributed by atoms with Gasteiger partial charge in [-0.25, -0.2) is 9.37 Å². The number of rotatable bonds is 9. The van der Waals surface area contributed by atoms with Crippen molar-refractivity contribution in [2.24, 2.45) is 4.99 Å². The van der Waals surface area contributed by atoms with Crippen LogP contribution in [0.25, 0.3) is 0 Å². The molecule has 1 aromatic heterocycles. The van der Waals surface area contributed by atoms with Gasteiger partial charge in [0, 0.05) is 52.3 Å². The highest BCUT2D eigenvalue weighted by molar-refractivity contribution is 7.11. The first kappa shape index (κ1) is 26.1. The molecule has 1 saturated heterocycles. The van der Waals surface area contributed by atoms with E-state index in [-0.39, 0.29) is 16.7 Å². The van der Waals surface area contributed by atoms with Crippen LogP contribution in [0.15, 0.2) is 88.1 Å². The van der Waals surface area contributed by atoms with E-state index in [4.69, 9.17) is 26.7 Å². The van der Waals surface area contributed by atoms with Crippen molar-refractivity contribution in [3.63, 3.8) is 0 Å². The van der Waals surface area contributed by atoms with Gasteiger partial charge in [-0.3, -0.25) is 4.99 Å². The maximum absolute atomic E-state index is 13.9. The van der Waals surface area contributed by atoms with E-state index in [0.29, 0.717) is 41.6 Å².